The number of benzene rings is 1. The van der Waals surface area contributed by atoms with Gasteiger partial charge in [-0.25, -0.2) is 8.42 Å². The molecule has 1 aromatic carbocycles. The SMILES string of the molecule is COc1ccc(C)c(S(=O)(=O)N2CCCC2C(=O)N2CCCC2)c1. The predicted octanol–water partition coefficient (Wildman–Crippen LogP) is 1.78. The van der Waals surface area contributed by atoms with Crippen LogP contribution in [0.15, 0.2) is 23.1 Å². The van der Waals surface area contributed by atoms with Gasteiger partial charge in [-0.3, -0.25) is 4.79 Å². The van der Waals surface area contributed by atoms with Gasteiger partial charge in [0.2, 0.25) is 15.9 Å². The summed E-state index contributed by atoms with van der Waals surface area (Å²) in [6.45, 7) is 3.63. The Morgan fingerprint density at radius 3 is 2.54 bits per heavy atom. The van der Waals surface area contributed by atoms with Crippen LogP contribution in [0.5, 0.6) is 5.75 Å². The zero-order valence-corrected chi connectivity index (χ0v) is 15.0. The van der Waals surface area contributed by atoms with Gasteiger partial charge in [0.1, 0.15) is 11.8 Å². The normalized spacial score (nSPS) is 22.1. The number of ether oxygens (including phenoxy) is 1. The summed E-state index contributed by atoms with van der Waals surface area (Å²) in [4.78, 5) is 14.8. The third-order valence-corrected chi connectivity index (χ3v) is 6.94. The topological polar surface area (TPSA) is 66.9 Å². The van der Waals surface area contributed by atoms with Crippen LogP contribution >= 0.6 is 0 Å². The lowest BCUT2D eigenvalue weighted by Gasteiger charge is -2.27. The molecule has 2 saturated heterocycles. The van der Waals surface area contributed by atoms with Gasteiger partial charge in [-0.2, -0.15) is 4.31 Å². The van der Waals surface area contributed by atoms with Crippen LogP contribution in [-0.2, 0) is 14.8 Å². The predicted molar refractivity (Wildman–Crippen MR) is 90.5 cm³/mol. The minimum Gasteiger partial charge on any atom is -0.497 e. The Hall–Kier alpha value is -1.60. The van der Waals surface area contributed by atoms with Gasteiger partial charge in [0, 0.05) is 25.7 Å². The zero-order chi connectivity index (χ0) is 17.3. The zero-order valence-electron chi connectivity index (χ0n) is 14.2. The summed E-state index contributed by atoms with van der Waals surface area (Å²) in [7, 11) is -2.21. The number of carbonyl (C=O) groups excluding carboxylic acids is 1. The minimum atomic E-state index is -3.72. The van der Waals surface area contributed by atoms with Gasteiger partial charge < -0.3 is 9.64 Å². The maximum atomic E-state index is 13.2. The quantitative estimate of drug-likeness (QED) is 0.828. The minimum absolute atomic E-state index is 0.0471. The Kier molecular flexibility index (Phi) is 4.83. The van der Waals surface area contributed by atoms with Crippen LogP contribution in [-0.4, -0.2) is 56.3 Å². The Labute approximate surface area is 143 Å². The van der Waals surface area contributed by atoms with E-state index in [4.69, 9.17) is 4.74 Å². The Morgan fingerprint density at radius 2 is 1.88 bits per heavy atom. The summed E-state index contributed by atoms with van der Waals surface area (Å²) in [6.07, 6.45) is 3.31. The van der Waals surface area contributed by atoms with Crippen molar-refractivity contribution in [3.05, 3.63) is 23.8 Å². The smallest absolute Gasteiger partial charge is 0.244 e. The van der Waals surface area contributed by atoms with Crippen molar-refractivity contribution in [1.82, 2.24) is 9.21 Å². The third-order valence-electron chi connectivity index (χ3n) is 4.89. The van der Waals surface area contributed by atoms with Gasteiger partial charge in [-0.05, 0) is 44.2 Å². The second kappa shape index (κ2) is 6.72. The molecule has 6 nitrogen and oxygen atoms in total. The molecular weight excluding hydrogens is 328 g/mol. The summed E-state index contributed by atoms with van der Waals surface area (Å²) in [5.41, 5.74) is 0.662. The molecule has 0 aliphatic carbocycles. The van der Waals surface area contributed by atoms with E-state index in [0.717, 1.165) is 25.9 Å². The van der Waals surface area contributed by atoms with E-state index in [1.807, 2.05) is 0 Å². The lowest BCUT2D eigenvalue weighted by molar-refractivity contribution is -0.133. The Bertz CT molecular complexity index is 726. The molecule has 1 atom stereocenters. The van der Waals surface area contributed by atoms with Crippen molar-refractivity contribution in [2.45, 2.75) is 43.5 Å². The second-order valence-corrected chi connectivity index (χ2v) is 8.30. The van der Waals surface area contributed by atoms with Crippen molar-refractivity contribution in [2.75, 3.05) is 26.7 Å². The highest BCUT2D eigenvalue weighted by Crippen LogP contribution is 2.31. The van der Waals surface area contributed by atoms with E-state index in [2.05, 4.69) is 0 Å². The summed E-state index contributed by atoms with van der Waals surface area (Å²) in [5.74, 6) is 0.454. The molecule has 0 aromatic heterocycles. The number of sulfonamides is 1. The molecule has 1 unspecified atom stereocenters. The largest absolute Gasteiger partial charge is 0.497 e. The molecule has 2 heterocycles. The highest BCUT2D eigenvalue weighted by molar-refractivity contribution is 7.89. The maximum absolute atomic E-state index is 13.2. The molecule has 0 radical (unpaired) electrons. The van der Waals surface area contributed by atoms with Gasteiger partial charge in [0.05, 0.1) is 12.0 Å². The number of aryl methyl sites for hydroxylation is 1. The first-order valence-electron chi connectivity index (χ1n) is 8.40. The molecule has 3 rings (SSSR count). The fourth-order valence-corrected chi connectivity index (χ4v) is 5.43. The molecule has 0 saturated carbocycles. The number of likely N-dealkylation sites (tertiary alicyclic amines) is 1. The van der Waals surface area contributed by atoms with Crippen LogP contribution in [0.4, 0.5) is 0 Å². The first-order chi connectivity index (χ1) is 11.4. The van der Waals surface area contributed by atoms with Crippen LogP contribution in [0.1, 0.15) is 31.2 Å². The fourth-order valence-electron chi connectivity index (χ4n) is 3.53. The summed E-state index contributed by atoms with van der Waals surface area (Å²) in [5, 5.41) is 0. The lowest BCUT2D eigenvalue weighted by Crippen LogP contribution is -2.46. The van der Waals surface area contributed by atoms with E-state index < -0.39 is 16.1 Å². The average Bonchev–Trinajstić information content (AvgIpc) is 3.26. The van der Waals surface area contributed by atoms with E-state index in [1.54, 1.807) is 30.0 Å². The van der Waals surface area contributed by atoms with Crippen LogP contribution in [0.2, 0.25) is 0 Å². The number of rotatable bonds is 4. The highest BCUT2D eigenvalue weighted by Gasteiger charge is 2.42. The monoisotopic (exact) mass is 352 g/mol. The van der Waals surface area contributed by atoms with Crippen molar-refractivity contribution >= 4 is 15.9 Å². The molecule has 132 valence electrons. The van der Waals surface area contributed by atoms with Gasteiger partial charge >= 0.3 is 0 Å². The Balaban J connectivity index is 1.92. The van der Waals surface area contributed by atoms with Crippen LogP contribution in [0, 0.1) is 6.92 Å². The number of carbonyl (C=O) groups is 1. The number of hydrogen-bond donors (Lipinski definition) is 0. The molecule has 1 aromatic rings. The van der Waals surface area contributed by atoms with Gasteiger partial charge in [0.15, 0.2) is 0 Å². The molecule has 0 N–H and O–H groups in total. The van der Waals surface area contributed by atoms with Crippen molar-refractivity contribution in [3.8, 4) is 5.75 Å². The number of nitrogens with zero attached hydrogens (tertiary/aromatic N) is 2. The molecular formula is C17H24N2O4S. The van der Waals surface area contributed by atoms with E-state index in [9.17, 15) is 13.2 Å². The molecule has 2 aliphatic rings. The van der Waals surface area contributed by atoms with E-state index >= 15 is 0 Å². The van der Waals surface area contributed by atoms with Crippen LogP contribution < -0.4 is 4.74 Å². The average molecular weight is 352 g/mol. The third kappa shape index (κ3) is 3.02. The molecule has 0 bridgehead atoms. The van der Waals surface area contributed by atoms with Crippen molar-refractivity contribution in [1.29, 1.82) is 0 Å². The van der Waals surface area contributed by atoms with Gasteiger partial charge in [-0.15, -0.1) is 0 Å². The van der Waals surface area contributed by atoms with Crippen molar-refractivity contribution in [3.63, 3.8) is 0 Å². The molecule has 24 heavy (non-hydrogen) atoms. The second-order valence-electron chi connectivity index (χ2n) is 6.44. The molecule has 7 heteroatoms. The number of methoxy groups -OCH3 is 1. The first kappa shape index (κ1) is 17.2. The highest BCUT2D eigenvalue weighted by atomic mass is 32.2. The maximum Gasteiger partial charge on any atom is 0.244 e. The standard InChI is InChI=1S/C17H24N2O4S/c1-13-7-8-14(23-2)12-16(13)24(21,22)19-11-5-6-15(19)17(20)18-9-3-4-10-18/h7-8,12,15H,3-6,9-11H2,1-2H3. The number of hydrogen-bond acceptors (Lipinski definition) is 4. The first-order valence-corrected chi connectivity index (χ1v) is 9.84. The molecule has 2 aliphatic heterocycles. The van der Waals surface area contributed by atoms with Gasteiger partial charge in [-0.1, -0.05) is 6.07 Å². The molecule has 1 amide bonds. The molecule has 0 spiro atoms. The van der Waals surface area contributed by atoms with Crippen LogP contribution in [0.3, 0.4) is 0 Å². The van der Waals surface area contributed by atoms with Crippen LogP contribution in [0.25, 0.3) is 0 Å². The molecule has 2 fully saturated rings. The summed E-state index contributed by atoms with van der Waals surface area (Å²) < 4.78 is 32.9. The van der Waals surface area contributed by atoms with Gasteiger partial charge in [0.25, 0.3) is 0 Å². The summed E-state index contributed by atoms with van der Waals surface area (Å²) >= 11 is 0. The fraction of sp³-hybridized carbons (Fsp3) is 0.588. The van der Waals surface area contributed by atoms with E-state index in [-0.39, 0.29) is 10.8 Å². The van der Waals surface area contributed by atoms with Crippen molar-refractivity contribution < 1.29 is 17.9 Å². The summed E-state index contributed by atoms with van der Waals surface area (Å²) in [6, 6.07) is 4.45. The van der Waals surface area contributed by atoms with E-state index in [0.29, 0.717) is 30.7 Å². The van der Waals surface area contributed by atoms with E-state index in [1.165, 1.54) is 11.4 Å². The van der Waals surface area contributed by atoms with Crippen molar-refractivity contribution in [2.24, 2.45) is 0 Å². The number of amides is 1. The Morgan fingerprint density at radius 1 is 1.17 bits per heavy atom. The lowest BCUT2D eigenvalue weighted by atomic mass is 10.2.